The summed E-state index contributed by atoms with van der Waals surface area (Å²) in [5.74, 6) is 0.0749. The molecule has 6 aromatic rings. The minimum atomic E-state index is -0.919. The first-order valence-electron chi connectivity index (χ1n) is 16.1. The number of nitrogens with zero attached hydrogens (tertiary/aromatic N) is 2. The molecule has 5 nitrogen and oxygen atoms in total. The van der Waals surface area contributed by atoms with Crippen LogP contribution >= 0.6 is 11.8 Å². The number of pyridine rings is 1. The van der Waals surface area contributed by atoms with E-state index in [1.165, 1.54) is 32.5 Å². The third-order valence-corrected chi connectivity index (χ3v) is 10.3. The van der Waals surface area contributed by atoms with Crippen molar-refractivity contribution in [2.45, 2.75) is 56.9 Å². The average molecular weight is 639 g/mol. The summed E-state index contributed by atoms with van der Waals surface area (Å²) in [6, 6.07) is 37.7. The number of carbonyl (C=O) groups is 1. The Labute approximate surface area is 280 Å². The fourth-order valence-electron chi connectivity index (χ4n) is 6.43. The van der Waals surface area contributed by atoms with Crippen molar-refractivity contribution in [2.24, 2.45) is 5.41 Å². The number of ether oxygens (including phenoxy) is 1. The minimum absolute atomic E-state index is 0.325. The van der Waals surface area contributed by atoms with Crippen LogP contribution in [-0.4, -0.2) is 25.9 Å². The van der Waals surface area contributed by atoms with Crippen molar-refractivity contribution in [1.29, 1.82) is 0 Å². The van der Waals surface area contributed by atoms with Crippen molar-refractivity contribution in [3.63, 3.8) is 0 Å². The third-order valence-electron chi connectivity index (χ3n) is 9.06. The number of carboxylic acids is 1. The lowest BCUT2D eigenvalue weighted by molar-refractivity contribution is -0.146. The van der Waals surface area contributed by atoms with Gasteiger partial charge in [-0.1, -0.05) is 97.9 Å². The molecule has 7 rings (SSSR count). The molecule has 2 aromatic heterocycles. The fourth-order valence-corrected chi connectivity index (χ4v) is 7.75. The average Bonchev–Trinajstić information content (AvgIpc) is 3.37. The van der Waals surface area contributed by atoms with Gasteiger partial charge in [0.25, 0.3) is 0 Å². The van der Waals surface area contributed by atoms with Crippen molar-refractivity contribution in [2.75, 3.05) is 0 Å². The standard InChI is InChI=1S/C41H38N2O3S/c1-27-22-34-37(46-26-33-19-18-32(24-42-33)30-12-8-5-9-13-30)21-20-35-38(34)39(47-27)36(23-41(2,3)40(44)45)43(35)25-28-14-16-31(17-15-28)29-10-6-4-7-11-29/h4-21,24,27H,22-23,25-26H2,1-3H3,(H,44,45). The molecule has 1 N–H and O–H groups in total. The molecule has 0 saturated heterocycles. The van der Waals surface area contributed by atoms with E-state index in [1.54, 1.807) is 0 Å². The zero-order valence-corrected chi connectivity index (χ0v) is 27.8. The maximum atomic E-state index is 12.4. The van der Waals surface area contributed by atoms with E-state index in [-0.39, 0.29) is 0 Å². The molecule has 0 saturated carbocycles. The molecule has 4 aromatic carbocycles. The molecule has 0 radical (unpaired) electrons. The largest absolute Gasteiger partial charge is 0.487 e. The molecule has 3 heterocycles. The topological polar surface area (TPSA) is 64.3 Å². The van der Waals surface area contributed by atoms with Crippen LogP contribution in [-0.2, 0) is 30.8 Å². The monoisotopic (exact) mass is 638 g/mol. The van der Waals surface area contributed by atoms with Crippen molar-refractivity contribution in [1.82, 2.24) is 9.55 Å². The minimum Gasteiger partial charge on any atom is -0.487 e. The van der Waals surface area contributed by atoms with E-state index in [0.717, 1.165) is 40.2 Å². The molecular formula is C41H38N2O3S. The highest BCUT2D eigenvalue weighted by atomic mass is 32.2. The summed E-state index contributed by atoms with van der Waals surface area (Å²) in [6.45, 7) is 6.91. The molecule has 1 atom stereocenters. The van der Waals surface area contributed by atoms with Crippen molar-refractivity contribution in [3.8, 4) is 28.0 Å². The smallest absolute Gasteiger partial charge is 0.309 e. The number of thioether (sulfide) groups is 1. The highest BCUT2D eigenvalue weighted by Crippen LogP contribution is 2.48. The molecule has 236 valence electrons. The zero-order valence-electron chi connectivity index (χ0n) is 26.9. The van der Waals surface area contributed by atoms with Gasteiger partial charge in [0.1, 0.15) is 12.4 Å². The fraction of sp³-hybridized carbons (Fsp3) is 0.220. The van der Waals surface area contributed by atoms with Gasteiger partial charge in [-0.2, -0.15) is 0 Å². The molecule has 1 unspecified atom stereocenters. The lowest BCUT2D eigenvalue weighted by atomic mass is 9.87. The van der Waals surface area contributed by atoms with Gasteiger partial charge in [-0.05, 0) is 60.7 Å². The van der Waals surface area contributed by atoms with Gasteiger partial charge in [0.15, 0.2) is 0 Å². The molecule has 47 heavy (non-hydrogen) atoms. The van der Waals surface area contributed by atoms with E-state index in [9.17, 15) is 9.90 Å². The molecule has 1 aliphatic heterocycles. The Hall–Kier alpha value is -4.81. The van der Waals surface area contributed by atoms with Crippen LogP contribution in [0.5, 0.6) is 5.75 Å². The molecule has 0 aliphatic carbocycles. The van der Waals surface area contributed by atoms with Gasteiger partial charge in [0.05, 0.1) is 16.6 Å². The predicted molar refractivity (Wildman–Crippen MR) is 191 cm³/mol. The molecule has 1 aliphatic rings. The van der Waals surface area contributed by atoms with E-state index in [2.05, 4.69) is 90.4 Å². The molecule has 0 spiro atoms. The Balaban J connectivity index is 1.24. The first-order chi connectivity index (χ1) is 22.8. The van der Waals surface area contributed by atoms with E-state index in [0.29, 0.717) is 24.8 Å². The summed E-state index contributed by atoms with van der Waals surface area (Å²) >= 11 is 1.86. The number of carboxylic acid groups (broad SMARTS) is 1. The second-order valence-electron chi connectivity index (χ2n) is 13.1. The Kier molecular flexibility index (Phi) is 8.37. The van der Waals surface area contributed by atoms with Gasteiger partial charge in [0, 0.05) is 51.5 Å². The Bertz CT molecular complexity index is 2030. The number of aliphatic carboxylic acids is 1. The van der Waals surface area contributed by atoms with Crippen LogP contribution in [0.15, 0.2) is 120 Å². The number of hydrogen-bond acceptors (Lipinski definition) is 4. The Morgan fingerprint density at radius 3 is 2.15 bits per heavy atom. The highest BCUT2D eigenvalue weighted by molar-refractivity contribution is 8.00. The first kappa shape index (κ1) is 30.8. The van der Waals surface area contributed by atoms with Crippen molar-refractivity contribution >= 4 is 28.6 Å². The van der Waals surface area contributed by atoms with Gasteiger partial charge < -0.3 is 14.4 Å². The summed E-state index contributed by atoms with van der Waals surface area (Å²) < 4.78 is 8.83. The molecule has 6 heteroatoms. The molecule has 0 amide bonds. The van der Waals surface area contributed by atoms with Crippen LogP contribution < -0.4 is 4.74 Å². The Morgan fingerprint density at radius 1 is 0.872 bits per heavy atom. The van der Waals surface area contributed by atoms with E-state index in [1.807, 2.05) is 62.1 Å². The van der Waals surface area contributed by atoms with Crippen LogP contribution in [0.3, 0.4) is 0 Å². The third kappa shape index (κ3) is 6.30. The van der Waals surface area contributed by atoms with Gasteiger partial charge in [-0.25, -0.2) is 0 Å². The SMILES string of the molecule is CC1Cc2c(OCc3ccc(-c4ccccc4)cn3)ccc3c2c(c(CC(C)(C)C(=O)O)n3Cc2ccc(-c3ccccc3)cc2)S1. The van der Waals surface area contributed by atoms with E-state index < -0.39 is 11.4 Å². The van der Waals surface area contributed by atoms with Crippen molar-refractivity contribution < 1.29 is 14.6 Å². The van der Waals surface area contributed by atoms with Crippen molar-refractivity contribution in [3.05, 3.63) is 138 Å². The molecular weight excluding hydrogens is 601 g/mol. The number of aromatic nitrogens is 2. The van der Waals surface area contributed by atoms with Gasteiger partial charge in [-0.15, -0.1) is 11.8 Å². The van der Waals surface area contributed by atoms with Crippen LogP contribution in [0, 0.1) is 5.41 Å². The summed E-state index contributed by atoms with van der Waals surface area (Å²) in [5.41, 5.74) is 9.09. The first-order valence-corrected chi connectivity index (χ1v) is 17.0. The zero-order chi connectivity index (χ0) is 32.5. The lowest BCUT2D eigenvalue weighted by Crippen LogP contribution is -2.28. The van der Waals surface area contributed by atoms with Gasteiger partial charge in [0.2, 0.25) is 0 Å². The lowest BCUT2D eigenvalue weighted by Gasteiger charge is -2.24. The van der Waals surface area contributed by atoms with Crippen LogP contribution in [0.1, 0.15) is 43.3 Å². The van der Waals surface area contributed by atoms with E-state index in [4.69, 9.17) is 9.72 Å². The molecule has 0 bridgehead atoms. The summed E-state index contributed by atoms with van der Waals surface area (Å²) in [7, 11) is 0. The predicted octanol–water partition coefficient (Wildman–Crippen LogP) is 9.69. The quantitative estimate of drug-likeness (QED) is 0.162. The number of rotatable bonds is 10. The van der Waals surface area contributed by atoms with Crippen LogP contribution in [0.25, 0.3) is 33.2 Å². The van der Waals surface area contributed by atoms with Crippen LogP contribution in [0.4, 0.5) is 0 Å². The number of hydrogen-bond donors (Lipinski definition) is 1. The molecule has 0 fully saturated rings. The Morgan fingerprint density at radius 2 is 1.51 bits per heavy atom. The van der Waals surface area contributed by atoms with E-state index >= 15 is 0 Å². The maximum absolute atomic E-state index is 12.4. The van der Waals surface area contributed by atoms with Gasteiger partial charge >= 0.3 is 5.97 Å². The summed E-state index contributed by atoms with van der Waals surface area (Å²) in [5, 5.41) is 11.7. The number of benzene rings is 4. The normalized spacial score (nSPS) is 14.3. The second-order valence-corrected chi connectivity index (χ2v) is 14.5. The second kappa shape index (κ2) is 12.8. The highest BCUT2D eigenvalue weighted by Gasteiger charge is 2.34. The maximum Gasteiger partial charge on any atom is 0.309 e. The van der Waals surface area contributed by atoms with Gasteiger partial charge in [-0.3, -0.25) is 9.78 Å². The van der Waals surface area contributed by atoms with Crippen LogP contribution in [0.2, 0.25) is 0 Å². The summed E-state index contributed by atoms with van der Waals surface area (Å²) in [4.78, 5) is 18.2. The summed E-state index contributed by atoms with van der Waals surface area (Å²) in [6.07, 6.45) is 3.21.